The molecule has 1 aromatic carbocycles. The monoisotopic (exact) mass is 316 g/mol. The van der Waals surface area contributed by atoms with E-state index in [1.165, 1.54) is 0 Å². The van der Waals surface area contributed by atoms with Gasteiger partial charge in [0.15, 0.2) is 11.5 Å². The van der Waals surface area contributed by atoms with Crippen LogP contribution in [0.25, 0.3) is 0 Å². The van der Waals surface area contributed by atoms with Crippen LogP contribution in [0.4, 0.5) is 0 Å². The normalized spacial score (nSPS) is 12.6. The average molecular weight is 317 g/mol. The van der Waals surface area contributed by atoms with E-state index in [9.17, 15) is 5.11 Å². The number of aliphatic hydroxyl groups excluding tert-OH is 1. The topological polar surface area (TPSA) is 38.7 Å². The van der Waals surface area contributed by atoms with E-state index in [1.807, 2.05) is 39.8 Å². The van der Waals surface area contributed by atoms with E-state index in [1.54, 1.807) is 0 Å². The van der Waals surface area contributed by atoms with Crippen molar-refractivity contribution in [3.8, 4) is 11.5 Å². The van der Waals surface area contributed by atoms with Gasteiger partial charge in [-0.25, -0.2) is 0 Å². The van der Waals surface area contributed by atoms with E-state index in [0.717, 1.165) is 10.0 Å². The number of hydrogen-bond donors (Lipinski definition) is 1. The Morgan fingerprint density at radius 3 is 2.06 bits per heavy atom. The Kier molecular flexibility index (Phi) is 5.96. The zero-order valence-electron chi connectivity index (χ0n) is 11.4. The van der Waals surface area contributed by atoms with Gasteiger partial charge in [0.25, 0.3) is 0 Å². The molecule has 1 unspecified atom stereocenters. The molecule has 102 valence electrons. The van der Waals surface area contributed by atoms with Gasteiger partial charge >= 0.3 is 0 Å². The standard InChI is InChI=1S/C14H21BrO3/c1-5-17-12-7-10(14(16)9(3)4)11(15)8-13(12)18-6-2/h7-9,14,16H,5-6H2,1-4H3. The lowest BCUT2D eigenvalue weighted by Crippen LogP contribution is -2.08. The van der Waals surface area contributed by atoms with Gasteiger partial charge in [-0.2, -0.15) is 0 Å². The summed E-state index contributed by atoms with van der Waals surface area (Å²) in [5, 5.41) is 10.2. The maximum absolute atomic E-state index is 10.2. The first-order valence-electron chi connectivity index (χ1n) is 6.28. The number of halogens is 1. The van der Waals surface area contributed by atoms with E-state index in [4.69, 9.17) is 9.47 Å². The zero-order valence-corrected chi connectivity index (χ0v) is 13.0. The molecule has 1 atom stereocenters. The third-order valence-corrected chi connectivity index (χ3v) is 3.30. The van der Waals surface area contributed by atoms with E-state index in [-0.39, 0.29) is 5.92 Å². The average Bonchev–Trinajstić information content (AvgIpc) is 2.32. The maximum Gasteiger partial charge on any atom is 0.162 e. The molecule has 0 bridgehead atoms. The highest BCUT2D eigenvalue weighted by Gasteiger charge is 2.19. The first kappa shape index (κ1) is 15.3. The van der Waals surface area contributed by atoms with Crippen molar-refractivity contribution in [2.24, 2.45) is 5.92 Å². The fourth-order valence-electron chi connectivity index (χ4n) is 1.67. The highest BCUT2D eigenvalue weighted by Crippen LogP contribution is 2.38. The molecular formula is C14H21BrO3. The van der Waals surface area contributed by atoms with Gasteiger partial charge in [0.1, 0.15) is 0 Å². The molecule has 0 fully saturated rings. The third-order valence-electron chi connectivity index (χ3n) is 2.61. The molecular weight excluding hydrogens is 296 g/mol. The quantitative estimate of drug-likeness (QED) is 0.864. The van der Waals surface area contributed by atoms with Crippen molar-refractivity contribution in [1.82, 2.24) is 0 Å². The molecule has 0 saturated carbocycles. The van der Waals surface area contributed by atoms with Crippen LogP contribution in [0, 0.1) is 5.92 Å². The van der Waals surface area contributed by atoms with E-state index in [0.29, 0.717) is 24.7 Å². The third kappa shape index (κ3) is 3.62. The summed E-state index contributed by atoms with van der Waals surface area (Å²) in [4.78, 5) is 0. The summed E-state index contributed by atoms with van der Waals surface area (Å²) in [5.74, 6) is 1.52. The van der Waals surface area contributed by atoms with Crippen LogP contribution in [0.1, 0.15) is 39.4 Å². The Balaban J connectivity index is 3.17. The van der Waals surface area contributed by atoms with E-state index < -0.39 is 6.10 Å². The minimum atomic E-state index is -0.519. The fourth-order valence-corrected chi connectivity index (χ4v) is 2.23. The highest BCUT2D eigenvalue weighted by atomic mass is 79.9. The molecule has 18 heavy (non-hydrogen) atoms. The summed E-state index contributed by atoms with van der Waals surface area (Å²) in [7, 11) is 0. The molecule has 0 radical (unpaired) electrons. The number of ether oxygens (including phenoxy) is 2. The lowest BCUT2D eigenvalue weighted by Gasteiger charge is -2.19. The smallest absolute Gasteiger partial charge is 0.162 e. The Bertz CT molecular complexity index is 391. The van der Waals surface area contributed by atoms with E-state index in [2.05, 4.69) is 15.9 Å². The second kappa shape index (κ2) is 7.00. The SMILES string of the molecule is CCOc1cc(Br)c(C(O)C(C)C)cc1OCC. The zero-order chi connectivity index (χ0) is 13.7. The van der Waals surface area contributed by atoms with Crippen LogP contribution in [0.2, 0.25) is 0 Å². The molecule has 0 heterocycles. The molecule has 4 heteroatoms. The molecule has 3 nitrogen and oxygen atoms in total. The van der Waals surface area contributed by atoms with Crippen LogP contribution in [-0.2, 0) is 0 Å². The number of aliphatic hydroxyl groups is 1. The summed E-state index contributed by atoms with van der Waals surface area (Å²) in [5.41, 5.74) is 0.830. The summed E-state index contributed by atoms with van der Waals surface area (Å²) in [6, 6.07) is 3.71. The predicted octanol–water partition coefficient (Wildman–Crippen LogP) is 3.94. The van der Waals surface area contributed by atoms with Gasteiger partial charge < -0.3 is 14.6 Å². The second-order valence-corrected chi connectivity index (χ2v) is 5.23. The lowest BCUT2D eigenvalue weighted by atomic mass is 9.99. The summed E-state index contributed by atoms with van der Waals surface area (Å²) < 4.78 is 11.9. The van der Waals surface area contributed by atoms with Crippen LogP contribution in [-0.4, -0.2) is 18.3 Å². The van der Waals surface area contributed by atoms with Crippen molar-refractivity contribution < 1.29 is 14.6 Å². The first-order valence-corrected chi connectivity index (χ1v) is 7.07. The largest absolute Gasteiger partial charge is 0.490 e. The van der Waals surface area contributed by atoms with Crippen LogP contribution in [0.3, 0.4) is 0 Å². The van der Waals surface area contributed by atoms with Gasteiger partial charge in [-0.15, -0.1) is 0 Å². The fraction of sp³-hybridized carbons (Fsp3) is 0.571. The number of rotatable bonds is 6. The number of hydrogen-bond acceptors (Lipinski definition) is 3. The lowest BCUT2D eigenvalue weighted by molar-refractivity contribution is 0.125. The molecule has 0 spiro atoms. The van der Waals surface area contributed by atoms with Gasteiger partial charge in [0.05, 0.1) is 19.3 Å². The van der Waals surface area contributed by atoms with Gasteiger partial charge in [-0.3, -0.25) is 0 Å². The van der Waals surface area contributed by atoms with Gasteiger partial charge in [-0.1, -0.05) is 29.8 Å². The minimum Gasteiger partial charge on any atom is -0.490 e. The Morgan fingerprint density at radius 2 is 1.61 bits per heavy atom. The first-order chi connectivity index (χ1) is 8.51. The highest BCUT2D eigenvalue weighted by molar-refractivity contribution is 9.10. The van der Waals surface area contributed by atoms with Crippen LogP contribution in [0.5, 0.6) is 11.5 Å². The van der Waals surface area contributed by atoms with Crippen molar-refractivity contribution in [1.29, 1.82) is 0 Å². The predicted molar refractivity (Wildman–Crippen MR) is 76.3 cm³/mol. The van der Waals surface area contributed by atoms with Crippen molar-refractivity contribution in [3.05, 3.63) is 22.2 Å². The maximum atomic E-state index is 10.2. The van der Waals surface area contributed by atoms with Gasteiger partial charge in [0, 0.05) is 4.47 Å². The molecule has 0 aliphatic carbocycles. The van der Waals surface area contributed by atoms with Crippen molar-refractivity contribution >= 4 is 15.9 Å². The molecule has 0 saturated heterocycles. The summed E-state index contributed by atoms with van der Waals surface area (Å²) in [6.45, 7) is 8.97. The van der Waals surface area contributed by atoms with Crippen LogP contribution >= 0.6 is 15.9 Å². The molecule has 1 N–H and O–H groups in total. The van der Waals surface area contributed by atoms with E-state index >= 15 is 0 Å². The number of benzene rings is 1. The van der Waals surface area contributed by atoms with Crippen molar-refractivity contribution in [2.45, 2.75) is 33.8 Å². The molecule has 0 aliphatic rings. The summed E-state index contributed by atoms with van der Waals surface area (Å²) in [6.07, 6.45) is -0.519. The molecule has 0 amide bonds. The molecule has 0 aliphatic heterocycles. The molecule has 1 rings (SSSR count). The van der Waals surface area contributed by atoms with Crippen molar-refractivity contribution in [2.75, 3.05) is 13.2 Å². The Labute approximate surface area is 117 Å². The van der Waals surface area contributed by atoms with Gasteiger partial charge in [-0.05, 0) is 37.5 Å². The Morgan fingerprint density at radius 1 is 1.11 bits per heavy atom. The second-order valence-electron chi connectivity index (χ2n) is 4.38. The molecule has 0 aromatic heterocycles. The Hall–Kier alpha value is -0.740. The van der Waals surface area contributed by atoms with Crippen LogP contribution in [0.15, 0.2) is 16.6 Å². The molecule has 1 aromatic rings. The van der Waals surface area contributed by atoms with Gasteiger partial charge in [0.2, 0.25) is 0 Å². The summed E-state index contributed by atoms with van der Waals surface area (Å²) >= 11 is 3.48. The minimum absolute atomic E-state index is 0.147. The van der Waals surface area contributed by atoms with Crippen molar-refractivity contribution in [3.63, 3.8) is 0 Å². The van der Waals surface area contributed by atoms with Crippen LogP contribution < -0.4 is 9.47 Å².